The summed E-state index contributed by atoms with van der Waals surface area (Å²) in [6, 6.07) is 1.91. The average molecular weight is 186 g/mol. The Morgan fingerprint density at radius 3 is 3.36 bits per heavy atom. The Hall–Kier alpha value is -0.670. The molecular weight excluding hydrogens is 180 g/mol. The fraction of sp³-hybridized carbons (Fsp3) is 0.143. The molecule has 0 spiro atoms. The van der Waals surface area contributed by atoms with Crippen LogP contribution < -0.4 is 0 Å². The molecule has 2 rings (SSSR count). The van der Waals surface area contributed by atoms with Gasteiger partial charge in [-0.25, -0.2) is 9.97 Å². The lowest BCUT2D eigenvalue weighted by Crippen LogP contribution is -1.77. The molecule has 0 aliphatic heterocycles. The normalized spacial score (nSPS) is 12.0. The first-order valence-electron chi connectivity index (χ1n) is 3.57. The van der Waals surface area contributed by atoms with E-state index in [1.54, 1.807) is 0 Å². The highest BCUT2D eigenvalue weighted by molar-refractivity contribution is 7.18. The molecule has 0 saturated heterocycles. The minimum absolute atomic E-state index is 0.144. The van der Waals surface area contributed by atoms with Crippen LogP contribution in [0.1, 0.15) is 6.25 Å². The van der Waals surface area contributed by atoms with E-state index in [1.165, 1.54) is 11.3 Å². The van der Waals surface area contributed by atoms with Crippen LogP contribution in [0.5, 0.6) is 0 Å². The fourth-order valence-corrected chi connectivity index (χ4v) is 1.81. The van der Waals surface area contributed by atoms with Crippen LogP contribution in [0.25, 0.3) is 10.2 Å². The van der Waals surface area contributed by atoms with Gasteiger partial charge >= 0.3 is 0 Å². The van der Waals surface area contributed by atoms with Gasteiger partial charge in [-0.15, -0.1) is 11.3 Å². The molecule has 2 aromatic heterocycles. The van der Waals surface area contributed by atoms with Crippen LogP contribution in [-0.4, -0.2) is 9.97 Å². The Balaban J connectivity index is 2.88. The van der Waals surface area contributed by atoms with Gasteiger partial charge in [0.2, 0.25) is 5.28 Å². The molecule has 0 aromatic carbocycles. The van der Waals surface area contributed by atoms with E-state index < -0.39 is 0 Å². The van der Waals surface area contributed by atoms with Crippen LogP contribution in [0.3, 0.4) is 0 Å². The summed E-state index contributed by atoms with van der Waals surface area (Å²) in [4.78, 5) is 8.87. The molecule has 2 aromatic rings. The molecule has 0 atom stereocenters. The number of nitrogens with zero attached hydrogens (tertiary/aromatic N) is 2. The first-order valence-corrected chi connectivity index (χ1v) is 4.26. The zero-order valence-corrected chi connectivity index (χ0v) is 7.33. The maximum Gasteiger partial charge on any atom is 0.222 e. The molecule has 0 bridgehead atoms. The van der Waals surface area contributed by atoms with Crippen LogP contribution in [-0.2, 0) is 0 Å². The highest BCUT2D eigenvalue weighted by Crippen LogP contribution is 2.22. The quantitative estimate of drug-likeness (QED) is 0.590. The zero-order valence-electron chi connectivity index (χ0n) is 6.76. The largest absolute Gasteiger partial charge is 0.225 e. The van der Waals surface area contributed by atoms with Gasteiger partial charge in [-0.3, -0.25) is 0 Å². The van der Waals surface area contributed by atoms with Gasteiger partial charge in [0.25, 0.3) is 0 Å². The van der Waals surface area contributed by atoms with E-state index in [9.17, 15) is 0 Å². The molecule has 4 heteroatoms. The van der Waals surface area contributed by atoms with Crippen LogP contribution >= 0.6 is 22.9 Å². The van der Waals surface area contributed by atoms with Crippen molar-refractivity contribution in [2.75, 3.05) is 0 Å². The third-order valence-electron chi connectivity index (χ3n) is 1.30. The highest BCUT2D eigenvalue weighted by atomic mass is 35.5. The van der Waals surface area contributed by atoms with Crippen molar-refractivity contribution in [3.05, 3.63) is 22.4 Å². The molecule has 0 N–H and O–H groups in total. The molecule has 11 heavy (non-hydrogen) atoms. The van der Waals surface area contributed by atoms with Gasteiger partial charge in [-0.2, -0.15) is 0 Å². The zero-order chi connectivity index (χ0) is 8.72. The van der Waals surface area contributed by atoms with Gasteiger partial charge < -0.3 is 0 Å². The fourth-order valence-electron chi connectivity index (χ4n) is 0.885. The van der Waals surface area contributed by atoms with E-state index in [-0.39, 0.29) is 11.5 Å². The van der Waals surface area contributed by atoms with Crippen molar-refractivity contribution < 1.29 is 1.37 Å². The predicted octanol–water partition coefficient (Wildman–Crippen LogP) is 2.65. The number of aryl methyl sites for hydroxylation is 1. The molecule has 0 radical (unpaired) electrons. The molecule has 0 unspecified atom stereocenters. The number of halogens is 1. The second-order valence-electron chi connectivity index (χ2n) is 2.18. The van der Waals surface area contributed by atoms with Crippen molar-refractivity contribution in [3.63, 3.8) is 0 Å². The molecule has 56 valence electrons. The minimum Gasteiger partial charge on any atom is -0.225 e. The molecule has 0 amide bonds. The summed E-state index contributed by atoms with van der Waals surface area (Å²) < 4.78 is 8.30. The number of thiophene rings is 1. The molecule has 0 saturated carbocycles. The second kappa shape index (κ2) is 2.43. The predicted molar refractivity (Wildman–Crippen MR) is 47.2 cm³/mol. The molecule has 0 fully saturated rings. The van der Waals surface area contributed by atoms with Gasteiger partial charge in [0.15, 0.2) is 0 Å². The van der Waals surface area contributed by atoms with Crippen molar-refractivity contribution in [1.29, 1.82) is 0 Å². The van der Waals surface area contributed by atoms with E-state index in [2.05, 4.69) is 9.97 Å². The molecule has 2 heterocycles. The standard InChI is InChI=1S/C7H5ClN2S/c1-4-2-5-6(11-4)3-9-7(8)10-5/h2-3H,1H3/i3D. The average Bonchev–Trinajstić information content (AvgIpc) is 2.29. The maximum absolute atomic E-state index is 7.49. The Morgan fingerprint density at radius 1 is 1.73 bits per heavy atom. The lowest BCUT2D eigenvalue weighted by molar-refractivity contribution is 1.23. The highest BCUT2D eigenvalue weighted by Gasteiger charge is 1.99. The van der Waals surface area contributed by atoms with Gasteiger partial charge in [0.05, 0.1) is 11.6 Å². The lowest BCUT2D eigenvalue weighted by atomic mass is 10.4. The summed E-state index contributed by atoms with van der Waals surface area (Å²) in [6.45, 7) is 1.97. The van der Waals surface area contributed by atoms with Crippen molar-refractivity contribution >= 4 is 33.2 Å². The van der Waals surface area contributed by atoms with E-state index in [0.717, 1.165) is 15.1 Å². The maximum atomic E-state index is 7.49. The number of fused-ring (bicyclic) bond motifs is 1. The first kappa shape index (κ1) is 5.91. The number of hydrogen-bond acceptors (Lipinski definition) is 3. The first-order chi connectivity index (χ1) is 5.66. The van der Waals surface area contributed by atoms with E-state index >= 15 is 0 Å². The van der Waals surface area contributed by atoms with E-state index in [4.69, 9.17) is 13.0 Å². The van der Waals surface area contributed by atoms with E-state index in [0.29, 0.717) is 0 Å². The van der Waals surface area contributed by atoms with Gasteiger partial charge in [0.1, 0.15) is 0 Å². The van der Waals surface area contributed by atoms with Gasteiger partial charge in [-0.05, 0) is 24.6 Å². The SMILES string of the molecule is [2H]c1nc(Cl)nc2cc(C)sc12. The van der Waals surface area contributed by atoms with Crippen LogP contribution in [0.15, 0.2) is 12.2 Å². The lowest BCUT2D eigenvalue weighted by Gasteiger charge is -1.86. The van der Waals surface area contributed by atoms with Crippen molar-refractivity contribution in [3.8, 4) is 0 Å². The Morgan fingerprint density at radius 2 is 2.55 bits per heavy atom. The topological polar surface area (TPSA) is 25.8 Å². The summed E-state index contributed by atoms with van der Waals surface area (Å²) >= 11 is 7.11. The van der Waals surface area contributed by atoms with Crippen molar-refractivity contribution in [2.24, 2.45) is 0 Å². The summed E-state index contributed by atoms with van der Waals surface area (Å²) in [5.74, 6) is 0. The summed E-state index contributed by atoms with van der Waals surface area (Å²) in [5.41, 5.74) is 0.766. The van der Waals surface area contributed by atoms with Crippen LogP contribution in [0.2, 0.25) is 5.28 Å². The van der Waals surface area contributed by atoms with E-state index in [1.807, 2.05) is 13.0 Å². The summed E-state index contributed by atoms with van der Waals surface area (Å²) in [5, 5.41) is 0.144. The second-order valence-corrected chi connectivity index (χ2v) is 3.77. The Bertz CT molecular complexity index is 440. The summed E-state index contributed by atoms with van der Waals surface area (Å²) in [7, 11) is 0. The smallest absolute Gasteiger partial charge is 0.222 e. The molecular formula is C7H5ClN2S. The van der Waals surface area contributed by atoms with Gasteiger partial charge in [-0.1, -0.05) is 0 Å². The third kappa shape index (κ3) is 1.21. The summed E-state index contributed by atoms with van der Waals surface area (Å²) in [6.07, 6.45) is 0.211. The monoisotopic (exact) mass is 185 g/mol. The van der Waals surface area contributed by atoms with Crippen molar-refractivity contribution in [2.45, 2.75) is 6.92 Å². The number of rotatable bonds is 0. The molecule has 0 aliphatic rings. The van der Waals surface area contributed by atoms with Crippen molar-refractivity contribution in [1.82, 2.24) is 9.97 Å². The Kier molecular flexibility index (Phi) is 1.31. The Labute approximate surface area is 74.3 Å². The number of hydrogen-bond donors (Lipinski definition) is 0. The minimum atomic E-state index is 0.144. The number of aromatic nitrogens is 2. The third-order valence-corrected chi connectivity index (χ3v) is 2.41. The molecule has 2 nitrogen and oxygen atoms in total. The van der Waals surface area contributed by atoms with Crippen LogP contribution in [0.4, 0.5) is 0 Å². The van der Waals surface area contributed by atoms with Crippen LogP contribution in [0, 0.1) is 6.92 Å². The van der Waals surface area contributed by atoms with Gasteiger partial charge in [0, 0.05) is 11.1 Å². The molecule has 0 aliphatic carbocycles.